The topological polar surface area (TPSA) is 84.2 Å². The Balaban J connectivity index is 1.32. The summed E-state index contributed by atoms with van der Waals surface area (Å²) in [6.07, 6.45) is 3.17. The minimum Gasteiger partial charge on any atom is -0.441 e. The van der Waals surface area contributed by atoms with Crippen LogP contribution in [0.25, 0.3) is 11.3 Å². The van der Waals surface area contributed by atoms with Crippen LogP contribution in [0.2, 0.25) is 0 Å². The summed E-state index contributed by atoms with van der Waals surface area (Å²) in [6, 6.07) is 15.4. The minimum absolute atomic E-state index is 0.0142. The highest BCUT2D eigenvalue weighted by molar-refractivity contribution is 5.94. The second-order valence-corrected chi connectivity index (χ2v) is 6.42. The lowest BCUT2D eigenvalue weighted by Gasteiger charge is -2.07. The van der Waals surface area contributed by atoms with Gasteiger partial charge in [-0.15, -0.1) is 0 Å². The van der Waals surface area contributed by atoms with Crippen LogP contribution in [0.4, 0.5) is 4.39 Å². The molecule has 0 atom stereocenters. The number of rotatable bonds is 9. The van der Waals surface area contributed by atoms with Crippen LogP contribution in [0.15, 0.2) is 65.2 Å². The number of aromatic nitrogens is 1. The number of amides is 2. The molecule has 1 heterocycles. The van der Waals surface area contributed by atoms with Gasteiger partial charge >= 0.3 is 0 Å². The van der Waals surface area contributed by atoms with E-state index in [1.54, 1.807) is 12.3 Å². The van der Waals surface area contributed by atoms with E-state index in [-0.39, 0.29) is 24.6 Å². The monoisotopic (exact) mass is 395 g/mol. The fourth-order valence-electron chi connectivity index (χ4n) is 2.77. The molecule has 1 aromatic heterocycles. The van der Waals surface area contributed by atoms with Gasteiger partial charge in [0.05, 0.1) is 11.8 Å². The quantitative estimate of drug-likeness (QED) is 0.544. The van der Waals surface area contributed by atoms with E-state index in [0.717, 1.165) is 5.56 Å². The van der Waals surface area contributed by atoms with Gasteiger partial charge in [-0.1, -0.05) is 42.5 Å². The highest BCUT2D eigenvalue weighted by Crippen LogP contribution is 2.20. The molecule has 3 rings (SSSR count). The number of hydrogen-bond donors (Lipinski definition) is 2. The molecule has 0 spiro atoms. The van der Waals surface area contributed by atoms with Crippen molar-refractivity contribution < 1.29 is 18.4 Å². The fraction of sp³-hybridized carbons (Fsp3) is 0.227. The fourth-order valence-corrected chi connectivity index (χ4v) is 2.77. The maximum Gasteiger partial charge on any atom is 0.254 e. The number of oxazole rings is 1. The summed E-state index contributed by atoms with van der Waals surface area (Å²) in [5.41, 5.74) is 0.945. The predicted molar refractivity (Wildman–Crippen MR) is 107 cm³/mol. The summed E-state index contributed by atoms with van der Waals surface area (Å²) in [7, 11) is 0. The number of aryl methyl sites for hydroxylation is 1. The molecule has 0 aliphatic rings. The first kappa shape index (κ1) is 20.3. The largest absolute Gasteiger partial charge is 0.441 e. The van der Waals surface area contributed by atoms with Gasteiger partial charge in [-0.2, -0.15) is 0 Å². The van der Waals surface area contributed by atoms with Gasteiger partial charge in [-0.3, -0.25) is 9.59 Å². The smallest absolute Gasteiger partial charge is 0.254 e. The number of hydrogen-bond acceptors (Lipinski definition) is 4. The van der Waals surface area contributed by atoms with Gasteiger partial charge in [0.1, 0.15) is 5.82 Å². The van der Waals surface area contributed by atoms with Gasteiger partial charge < -0.3 is 15.1 Å². The van der Waals surface area contributed by atoms with Gasteiger partial charge in [-0.05, 0) is 18.6 Å². The molecular weight excluding hydrogens is 373 g/mol. The average molecular weight is 395 g/mol. The minimum atomic E-state index is -0.573. The Morgan fingerprint density at radius 3 is 2.48 bits per heavy atom. The second-order valence-electron chi connectivity index (χ2n) is 6.42. The van der Waals surface area contributed by atoms with E-state index in [0.29, 0.717) is 30.9 Å². The molecule has 2 aromatic carbocycles. The third-order valence-corrected chi connectivity index (χ3v) is 4.26. The van der Waals surface area contributed by atoms with Crippen LogP contribution in [0.5, 0.6) is 0 Å². The summed E-state index contributed by atoms with van der Waals surface area (Å²) in [6.45, 7) is 0.495. The van der Waals surface area contributed by atoms with Crippen molar-refractivity contribution >= 4 is 11.8 Å². The molecule has 2 N–H and O–H groups in total. The van der Waals surface area contributed by atoms with Crippen LogP contribution < -0.4 is 10.6 Å². The van der Waals surface area contributed by atoms with Gasteiger partial charge in [0.2, 0.25) is 5.91 Å². The Bertz CT molecular complexity index is 957. The molecule has 0 aliphatic carbocycles. The lowest BCUT2D eigenvalue weighted by atomic mass is 10.2. The number of nitrogens with zero attached hydrogens (tertiary/aromatic N) is 1. The van der Waals surface area contributed by atoms with Crippen molar-refractivity contribution in [2.45, 2.75) is 19.3 Å². The zero-order valence-corrected chi connectivity index (χ0v) is 15.9. The number of nitrogens with one attached hydrogen (secondary N) is 2. The average Bonchev–Trinajstić information content (AvgIpc) is 3.21. The van der Waals surface area contributed by atoms with Crippen molar-refractivity contribution in [3.8, 4) is 11.3 Å². The number of carbonyl (C=O) groups is 2. The molecular formula is C22H22FN3O3. The van der Waals surface area contributed by atoms with Gasteiger partial charge in [0, 0.05) is 31.5 Å². The molecule has 6 nitrogen and oxygen atoms in total. The van der Waals surface area contributed by atoms with E-state index in [4.69, 9.17) is 4.42 Å². The Morgan fingerprint density at radius 2 is 1.69 bits per heavy atom. The molecule has 2 amide bonds. The van der Waals surface area contributed by atoms with Crippen molar-refractivity contribution in [2.24, 2.45) is 0 Å². The molecule has 29 heavy (non-hydrogen) atoms. The zero-order chi connectivity index (χ0) is 20.5. The van der Waals surface area contributed by atoms with Crippen molar-refractivity contribution in [2.75, 3.05) is 13.1 Å². The van der Waals surface area contributed by atoms with Crippen LogP contribution in [-0.4, -0.2) is 29.9 Å². The standard InChI is InChI=1S/C22H22FN3O3/c23-18-10-5-4-9-17(18)22(28)25-14-13-24-20(27)11-6-12-21-26-15-19(29-21)16-7-2-1-3-8-16/h1-5,7-10,15H,6,11-14H2,(H,24,27)(H,25,28). The van der Waals surface area contributed by atoms with Crippen LogP contribution in [0.1, 0.15) is 29.1 Å². The van der Waals surface area contributed by atoms with Gasteiger partial charge in [0.25, 0.3) is 5.91 Å². The summed E-state index contributed by atoms with van der Waals surface area (Å²) in [4.78, 5) is 28.0. The van der Waals surface area contributed by atoms with Crippen LogP contribution in [0, 0.1) is 5.82 Å². The second kappa shape index (κ2) is 10.2. The molecule has 0 saturated carbocycles. The molecule has 150 valence electrons. The third kappa shape index (κ3) is 6.00. The van der Waals surface area contributed by atoms with Crippen LogP contribution in [-0.2, 0) is 11.2 Å². The highest BCUT2D eigenvalue weighted by Gasteiger charge is 2.10. The van der Waals surface area contributed by atoms with E-state index >= 15 is 0 Å². The number of halogens is 1. The van der Waals surface area contributed by atoms with Gasteiger partial charge in [0.15, 0.2) is 11.7 Å². The van der Waals surface area contributed by atoms with E-state index in [1.807, 2.05) is 30.3 Å². The first-order chi connectivity index (χ1) is 14.1. The van der Waals surface area contributed by atoms with Crippen molar-refractivity contribution in [1.29, 1.82) is 0 Å². The molecule has 0 fully saturated rings. The zero-order valence-electron chi connectivity index (χ0n) is 15.9. The van der Waals surface area contributed by atoms with E-state index < -0.39 is 11.7 Å². The lowest BCUT2D eigenvalue weighted by Crippen LogP contribution is -2.34. The molecule has 0 saturated heterocycles. The number of carbonyl (C=O) groups excluding carboxylic acids is 2. The van der Waals surface area contributed by atoms with E-state index in [1.165, 1.54) is 18.2 Å². The molecule has 0 bridgehead atoms. The summed E-state index contributed by atoms with van der Waals surface area (Å²) < 4.78 is 19.2. The van der Waals surface area contributed by atoms with Crippen LogP contribution in [0.3, 0.4) is 0 Å². The first-order valence-corrected chi connectivity index (χ1v) is 9.43. The highest BCUT2D eigenvalue weighted by atomic mass is 19.1. The Hall–Kier alpha value is -3.48. The Kier molecular flexibility index (Phi) is 7.10. The van der Waals surface area contributed by atoms with Crippen molar-refractivity contribution in [3.05, 3.63) is 78.1 Å². The Morgan fingerprint density at radius 1 is 0.966 bits per heavy atom. The van der Waals surface area contributed by atoms with E-state index in [2.05, 4.69) is 15.6 Å². The molecule has 0 aliphatic heterocycles. The predicted octanol–water partition coefficient (Wildman–Crippen LogP) is 3.35. The molecule has 3 aromatic rings. The summed E-state index contributed by atoms with van der Waals surface area (Å²) in [5, 5.41) is 5.30. The molecule has 0 radical (unpaired) electrons. The SMILES string of the molecule is O=C(CCCc1ncc(-c2ccccc2)o1)NCCNC(=O)c1ccccc1F. The van der Waals surface area contributed by atoms with E-state index in [9.17, 15) is 14.0 Å². The number of benzene rings is 2. The summed E-state index contributed by atoms with van der Waals surface area (Å²) in [5.74, 6) is 0.0934. The molecule has 0 unspecified atom stereocenters. The third-order valence-electron chi connectivity index (χ3n) is 4.26. The maximum absolute atomic E-state index is 13.5. The van der Waals surface area contributed by atoms with Crippen LogP contribution >= 0.6 is 0 Å². The summed E-state index contributed by atoms with van der Waals surface area (Å²) >= 11 is 0. The van der Waals surface area contributed by atoms with Gasteiger partial charge in [-0.25, -0.2) is 9.37 Å². The normalized spacial score (nSPS) is 10.5. The Labute approximate surface area is 168 Å². The molecule has 7 heteroatoms. The maximum atomic E-state index is 13.5. The van der Waals surface area contributed by atoms with Crippen molar-refractivity contribution in [3.63, 3.8) is 0 Å². The van der Waals surface area contributed by atoms with Crippen molar-refractivity contribution in [1.82, 2.24) is 15.6 Å². The lowest BCUT2D eigenvalue weighted by molar-refractivity contribution is -0.121. The first-order valence-electron chi connectivity index (χ1n) is 9.43.